The fourth-order valence-corrected chi connectivity index (χ4v) is 1.52. The summed E-state index contributed by atoms with van der Waals surface area (Å²) in [7, 11) is 0. The minimum atomic E-state index is 0.493. The second-order valence-electron chi connectivity index (χ2n) is 2.99. The standard InChI is InChI=1S/C12H11ClN2/c1-3-7-15(4-2)12-6-5-11(13)8-10(12)9-14/h1,5-6,8H,4,7H2,2H3. The van der Waals surface area contributed by atoms with Crippen LogP contribution in [0, 0.1) is 23.7 Å². The van der Waals surface area contributed by atoms with E-state index in [1.165, 1.54) is 0 Å². The molecule has 2 nitrogen and oxygen atoms in total. The van der Waals surface area contributed by atoms with Crippen LogP contribution in [0.25, 0.3) is 0 Å². The van der Waals surface area contributed by atoms with Gasteiger partial charge in [0.15, 0.2) is 0 Å². The van der Waals surface area contributed by atoms with Gasteiger partial charge in [0.05, 0.1) is 17.8 Å². The van der Waals surface area contributed by atoms with Gasteiger partial charge in [0.2, 0.25) is 0 Å². The van der Waals surface area contributed by atoms with Gasteiger partial charge in [-0.25, -0.2) is 0 Å². The number of nitriles is 1. The zero-order valence-corrected chi connectivity index (χ0v) is 9.25. The van der Waals surface area contributed by atoms with Crippen LogP contribution in [-0.2, 0) is 0 Å². The molecule has 0 atom stereocenters. The zero-order chi connectivity index (χ0) is 11.3. The SMILES string of the molecule is C#CCN(CC)c1ccc(Cl)cc1C#N. The number of rotatable bonds is 3. The molecule has 76 valence electrons. The molecule has 0 saturated heterocycles. The third-order valence-corrected chi connectivity index (χ3v) is 2.32. The number of anilines is 1. The number of hydrogen-bond donors (Lipinski definition) is 0. The molecule has 0 radical (unpaired) electrons. The second-order valence-corrected chi connectivity index (χ2v) is 3.43. The van der Waals surface area contributed by atoms with Crippen molar-refractivity contribution in [2.24, 2.45) is 0 Å². The van der Waals surface area contributed by atoms with Gasteiger partial charge in [0.1, 0.15) is 6.07 Å². The van der Waals surface area contributed by atoms with E-state index >= 15 is 0 Å². The van der Waals surface area contributed by atoms with Crippen LogP contribution in [0.5, 0.6) is 0 Å². The van der Waals surface area contributed by atoms with Crippen LogP contribution in [-0.4, -0.2) is 13.1 Å². The molecule has 0 bridgehead atoms. The van der Waals surface area contributed by atoms with Crippen molar-refractivity contribution in [1.29, 1.82) is 5.26 Å². The largest absolute Gasteiger partial charge is 0.360 e. The molecule has 0 heterocycles. The average molecular weight is 219 g/mol. The third-order valence-electron chi connectivity index (χ3n) is 2.08. The molecule has 0 fully saturated rings. The summed E-state index contributed by atoms with van der Waals surface area (Å²) in [6, 6.07) is 7.35. The van der Waals surface area contributed by atoms with E-state index in [9.17, 15) is 0 Å². The molecule has 15 heavy (non-hydrogen) atoms. The van der Waals surface area contributed by atoms with Crippen molar-refractivity contribution in [1.82, 2.24) is 0 Å². The van der Waals surface area contributed by atoms with E-state index in [2.05, 4.69) is 12.0 Å². The minimum absolute atomic E-state index is 0.493. The third kappa shape index (κ3) is 2.65. The van der Waals surface area contributed by atoms with Gasteiger partial charge in [-0.15, -0.1) is 6.42 Å². The molecule has 0 spiro atoms. The summed E-state index contributed by atoms with van der Waals surface area (Å²) in [5.41, 5.74) is 1.39. The number of hydrogen-bond acceptors (Lipinski definition) is 2. The molecule has 0 aliphatic carbocycles. The summed E-state index contributed by atoms with van der Waals surface area (Å²) in [4.78, 5) is 1.95. The van der Waals surface area contributed by atoms with Crippen LogP contribution in [0.4, 0.5) is 5.69 Å². The van der Waals surface area contributed by atoms with Gasteiger partial charge in [-0.1, -0.05) is 17.5 Å². The Kier molecular flexibility index (Phi) is 4.03. The molecule has 0 aliphatic heterocycles. The summed E-state index contributed by atoms with van der Waals surface area (Å²) < 4.78 is 0. The molecule has 0 unspecified atom stereocenters. The molecular formula is C12H11ClN2. The highest BCUT2D eigenvalue weighted by Crippen LogP contribution is 2.23. The first-order valence-electron chi connectivity index (χ1n) is 4.61. The summed E-state index contributed by atoms with van der Waals surface area (Å²) in [5, 5.41) is 9.53. The highest BCUT2D eigenvalue weighted by Gasteiger charge is 2.08. The number of halogens is 1. The minimum Gasteiger partial charge on any atom is -0.360 e. The fraction of sp³-hybridized carbons (Fsp3) is 0.250. The van der Waals surface area contributed by atoms with Crippen molar-refractivity contribution in [3.63, 3.8) is 0 Å². The van der Waals surface area contributed by atoms with Crippen LogP contribution < -0.4 is 4.90 Å². The Morgan fingerprint density at radius 1 is 1.53 bits per heavy atom. The maximum Gasteiger partial charge on any atom is 0.101 e. The zero-order valence-electron chi connectivity index (χ0n) is 8.50. The van der Waals surface area contributed by atoms with Gasteiger partial charge in [-0.3, -0.25) is 0 Å². The Hall–Kier alpha value is -1.64. The van der Waals surface area contributed by atoms with Crippen molar-refractivity contribution in [2.75, 3.05) is 18.0 Å². The van der Waals surface area contributed by atoms with Crippen molar-refractivity contribution in [3.8, 4) is 18.4 Å². The van der Waals surface area contributed by atoms with Gasteiger partial charge < -0.3 is 4.90 Å². The van der Waals surface area contributed by atoms with Gasteiger partial charge in [0.25, 0.3) is 0 Å². The van der Waals surface area contributed by atoms with Crippen LogP contribution in [0.1, 0.15) is 12.5 Å². The molecule has 0 aromatic heterocycles. The lowest BCUT2D eigenvalue weighted by Gasteiger charge is -2.21. The second kappa shape index (κ2) is 5.29. The van der Waals surface area contributed by atoms with Crippen molar-refractivity contribution in [3.05, 3.63) is 28.8 Å². The van der Waals surface area contributed by atoms with E-state index in [-0.39, 0.29) is 0 Å². The maximum atomic E-state index is 8.97. The average Bonchev–Trinajstić information content (AvgIpc) is 2.26. The lowest BCUT2D eigenvalue weighted by Crippen LogP contribution is -2.23. The van der Waals surface area contributed by atoms with E-state index in [1.807, 2.05) is 17.9 Å². The summed E-state index contributed by atoms with van der Waals surface area (Å²) >= 11 is 5.81. The normalized spacial score (nSPS) is 9.07. The van der Waals surface area contributed by atoms with Crippen LogP contribution in [0.3, 0.4) is 0 Å². The number of nitrogens with zero attached hydrogens (tertiary/aromatic N) is 2. The predicted octanol–water partition coefficient (Wildman–Crippen LogP) is 2.67. The smallest absolute Gasteiger partial charge is 0.101 e. The van der Waals surface area contributed by atoms with E-state index in [4.69, 9.17) is 23.3 Å². The highest BCUT2D eigenvalue weighted by atomic mass is 35.5. The molecule has 1 aromatic rings. The van der Waals surface area contributed by atoms with E-state index in [0.717, 1.165) is 12.2 Å². The monoisotopic (exact) mass is 218 g/mol. The molecule has 3 heteroatoms. The molecule has 0 aliphatic rings. The first-order chi connectivity index (χ1) is 7.22. The molecule has 0 amide bonds. The maximum absolute atomic E-state index is 8.97. The topological polar surface area (TPSA) is 27.0 Å². The molecule has 1 rings (SSSR count). The van der Waals surface area contributed by atoms with Crippen molar-refractivity contribution >= 4 is 17.3 Å². The molecule has 1 aromatic carbocycles. The first-order valence-corrected chi connectivity index (χ1v) is 4.98. The number of terminal acetylenes is 1. The summed E-state index contributed by atoms with van der Waals surface area (Å²) in [6.07, 6.45) is 5.26. The van der Waals surface area contributed by atoms with Gasteiger partial charge >= 0.3 is 0 Å². The van der Waals surface area contributed by atoms with Gasteiger partial charge in [-0.05, 0) is 25.1 Å². The molecule has 0 N–H and O–H groups in total. The van der Waals surface area contributed by atoms with Gasteiger partial charge in [0, 0.05) is 11.6 Å². The van der Waals surface area contributed by atoms with Crippen molar-refractivity contribution < 1.29 is 0 Å². The lowest BCUT2D eigenvalue weighted by atomic mass is 10.1. The lowest BCUT2D eigenvalue weighted by molar-refractivity contribution is 0.916. The Morgan fingerprint density at radius 3 is 2.80 bits per heavy atom. The Morgan fingerprint density at radius 2 is 2.27 bits per heavy atom. The Labute approximate surface area is 95.1 Å². The Balaban J connectivity index is 3.13. The summed E-state index contributed by atoms with van der Waals surface area (Å²) in [6.45, 7) is 3.25. The van der Waals surface area contributed by atoms with E-state index in [1.54, 1.807) is 12.1 Å². The van der Waals surface area contributed by atoms with E-state index in [0.29, 0.717) is 17.1 Å². The fourth-order valence-electron chi connectivity index (χ4n) is 1.35. The van der Waals surface area contributed by atoms with Crippen molar-refractivity contribution in [2.45, 2.75) is 6.92 Å². The Bertz CT molecular complexity index is 426. The molecular weight excluding hydrogens is 208 g/mol. The summed E-state index contributed by atoms with van der Waals surface area (Å²) in [5.74, 6) is 2.57. The predicted molar refractivity (Wildman–Crippen MR) is 62.9 cm³/mol. The first kappa shape index (κ1) is 11.4. The van der Waals surface area contributed by atoms with Crippen LogP contribution in [0.2, 0.25) is 5.02 Å². The quantitative estimate of drug-likeness (QED) is 0.730. The molecule has 0 saturated carbocycles. The number of benzene rings is 1. The van der Waals surface area contributed by atoms with Crippen LogP contribution >= 0.6 is 11.6 Å². The highest BCUT2D eigenvalue weighted by molar-refractivity contribution is 6.30. The van der Waals surface area contributed by atoms with Gasteiger partial charge in [-0.2, -0.15) is 5.26 Å². The van der Waals surface area contributed by atoms with E-state index < -0.39 is 0 Å². The van der Waals surface area contributed by atoms with Crippen LogP contribution in [0.15, 0.2) is 18.2 Å².